The molecule has 1 atom stereocenters. The first-order valence-electron chi connectivity index (χ1n) is 4.87. The van der Waals surface area contributed by atoms with Gasteiger partial charge < -0.3 is 14.2 Å². The summed E-state index contributed by atoms with van der Waals surface area (Å²) in [5, 5.41) is 0. The number of hydrogen-bond acceptors (Lipinski definition) is 5. The van der Waals surface area contributed by atoms with Gasteiger partial charge in [-0.05, 0) is 20.8 Å². The minimum Gasteiger partial charge on any atom is -0.460 e. The van der Waals surface area contributed by atoms with Gasteiger partial charge in [0.1, 0.15) is 11.7 Å². The monoisotopic (exact) mass is 230 g/mol. The second kappa shape index (κ2) is 6.15. The molecule has 0 rings (SSSR count). The minimum atomic E-state index is -0.853. The zero-order valence-corrected chi connectivity index (χ0v) is 10.1. The van der Waals surface area contributed by atoms with Crippen molar-refractivity contribution in [2.75, 3.05) is 7.11 Å². The van der Waals surface area contributed by atoms with Crippen LogP contribution in [0.2, 0.25) is 0 Å². The second-order valence-corrected chi connectivity index (χ2v) is 4.14. The molecule has 16 heavy (non-hydrogen) atoms. The van der Waals surface area contributed by atoms with Crippen molar-refractivity contribution in [3.05, 3.63) is 12.7 Å². The minimum absolute atomic E-state index is 0.0735. The molecule has 0 spiro atoms. The van der Waals surface area contributed by atoms with Crippen LogP contribution in [0.3, 0.4) is 0 Å². The molecule has 0 fully saturated rings. The number of esters is 1. The smallest absolute Gasteiger partial charge is 0.460 e. The lowest BCUT2D eigenvalue weighted by Crippen LogP contribution is -2.27. The average molecular weight is 230 g/mol. The predicted molar refractivity (Wildman–Crippen MR) is 57.9 cm³/mol. The Hall–Kier alpha value is -1.52. The van der Waals surface area contributed by atoms with E-state index in [2.05, 4.69) is 11.3 Å². The van der Waals surface area contributed by atoms with Crippen molar-refractivity contribution >= 4 is 12.1 Å². The van der Waals surface area contributed by atoms with E-state index in [1.54, 1.807) is 20.8 Å². The maximum absolute atomic E-state index is 11.4. The summed E-state index contributed by atoms with van der Waals surface area (Å²) in [7, 11) is 1.19. The lowest BCUT2D eigenvalue weighted by molar-refractivity contribution is -0.156. The van der Waals surface area contributed by atoms with Crippen LogP contribution in [-0.4, -0.2) is 30.9 Å². The summed E-state index contributed by atoms with van der Waals surface area (Å²) in [4.78, 5) is 22.2. The van der Waals surface area contributed by atoms with Gasteiger partial charge in [-0.2, -0.15) is 0 Å². The van der Waals surface area contributed by atoms with Gasteiger partial charge in [-0.15, -0.1) is 0 Å². The first-order valence-corrected chi connectivity index (χ1v) is 4.87. The SMILES string of the molecule is C=CC(CC(=O)OC(C)(C)C)OC(=O)OC. The van der Waals surface area contributed by atoms with E-state index in [0.29, 0.717) is 0 Å². The molecular formula is C11H18O5. The predicted octanol–water partition coefficient (Wildman–Crippen LogP) is 2.06. The molecule has 0 amide bonds. The third-order valence-corrected chi connectivity index (χ3v) is 1.47. The number of hydrogen-bond donors (Lipinski definition) is 0. The van der Waals surface area contributed by atoms with Gasteiger partial charge in [0, 0.05) is 0 Å². The molecule has 0 aromatic rings. The maximum atomic E-state index is 11.4. The number of methoxy groups -OCH3 is 1. The molecule has 0 radical (unpaired) electrons. The lowest BCUT2D eigenvalue weighted by atomic mass is 10.2. The third kappa shape index (κ3) is 6.86. The molecule has 5 nitrogen and oxygen atoms in total. The Kier molecular flexibility index (Phi) is 5.56. The van der Waals surface area contributed by atoms with Crippen LogP contribution in [0, 0.1) is 0 Å². The van der Waals surface area contributed by atoms with Gasteiger partial charge in [0.2, 0.25) is 0 Å². The van der Waals surface area contributed by atoms with Crippen molar-refractivity contribution in [1.29, 1.82) is 0 Å². The molecule has 0 aliphatic rings. The summed E-state index contributed by atoms with van der Waals surface area (Å²) in [6.45, 7) is 8.73. The fourth-order valence-corrected chi connectivity index (χ4v) is 0.892. The molecule has 0 aromatic heterocycles. The van der Waals surface area contributed by atoms with E-state index in [9.17, 15) is 9.59 Å². The highest BCUT2D eigenvalue weighted by Crippen LogP contribution is 2.11. The summed E-state index contributed by atoms with van der Waals surface area (Å²) in [5.41, 5.74) is -0.561. The van der Waals surface area contributed by atoms with Crippen LogP contribution in [0.15, 0.2) is 12.7 Å². The van der Waals surface area contributed by atoms with Crippen LogP contribution in [0.25, 0.3) is 0 Å². The zero-order valence-electron chi connectivity index (χ0n) is 10.1. The highest BCUT2D eigenvalue weighted by atomic mass is 16.7. The topological polar surface area (TPSA) is 61.8 Å². The fourth-order valence-electron chi connectivity index (χ4n) is 0.892. The van der Waals surface area contributed by atoms with Gasteiger partial charge >= 0.3 is 12.1 Å². The van der Waals surface area contributed by atoms with E-state index in [4.69, 9.17) is 9.47 Å². The van der Waals surface area contributed by atoms with Crippen molar-refractivity contribution in [2.24, 2.45) is 0 Å². The van der Waals surface area contributed by atoms with Crippen LogP contribution < -0.4 is 0 Å². The first kappa shape index (κ1) is 14.5. The Morgan fingerprint density at radius 3 is 2.31 bits per heavy atom. The lowest BCUT2D eigenvalue weighted by Gasteiger charge is -2.20. The number of carbonyl (C=O) groups is 2. The second-order valence-electron chi connectivity index (χ2n) is 4.14. The van der Waals surface area contributed by atoms with Gasteiger partial charge in [0.15, 0.2) is 0 Å². The van der Waals surface area contributed by atoms with Gasteiger partial charge in [0.25, 0.3) is 0 Å². The Labute approximate surface area is 95.4 Å². The summed E-state index contributed by atoms with van der Waals surface area (Å²) < 4.78 is 14.1. The quantitative estimate of drug-likeness (QED) is 0.546. The van der Waals surface area contributed by atoms with Gasteiger partial charge in [-0.1, -0.05) is 12.7 Å². The van der Waals surface area contributed by atoms with Crippen molar-refractivity contribution in [3.8, 4) is 0 Å². The Morgan fingerprint density at radius 1 is 1.38 bits per heavy atom. The summed E-state index contributed by atoms with van der Waals surface area (Å²) in [6.07, 6.45) is -0.313. The van der Waals surface area contributed by atoms with Crippen LogP contribution in [0.1, 0.15) is 27.2 Å². The van der Waals surface area contributed by atoms with Crippen molar-refractivity contribution in [1.82, 2.24) is 0 Å². The molecule has 1 unspecified atom stereocenters. The molecular weight excluding hydrogens is 212 g/mol. The van der Waals surface area contributed by atoms with Crippen molar-refractivity contribution in [2.45, 2.75) is 38.9 Å². The van der Waals surface area contributed by atoms with Crippen LogP contribution in [-0.2, 0) is 19.0 Å². The average Bonchev–Trinajstić information content (AvgIpc) is 2.13. The maximum Gasteiger partial charge on any atom is 0.508 e. The van der Waals surface area contributed by atoms with Crippen LogP contribution in [0.5, 0.6) is 0 Å². The molecule has 0 saturated heterocycles. The number of rotatable bonds is 4. The van der Waals surface area contributed by atoms with E-state index >= 15 is 0 Å². The molecule has 0 aromatic carbocycles. The molecule has 0 heterocycles. The third-order valence-electron chi connectivity index (χ3n) is 1.47. The van der Waals surface area contributed by atoms with E-state index in [1.165, 1.54) is 13.2 Å². The van der Waals surface area contributed by atoms with Gasteiger partial charge in [-0.25, -0.2) is 4.79 Å². The molecule has 0 bridgehead atoms. The Morgan fingerprint density at radius 2 is 1.94 bits per heavy atom. The molecule has 0 N–H and O–H groups in total. The van der Waals surface area contributed by atoms with Crippen molar-refractivity contribution in [3.63, 3.8) is 0 Å². The standard InChI is InChI=1S/C11H18O5/c1-6-8(15-10(13)14-5)7-9(12)16-11(2,3)4/h6,8H,1,7H2,2-5H3. The number of carbonyl (C=O) groups excluding carboxylic acids is 2. The molecule has 0 aliphatic carbocycles. The zero-order chi connectivity index (χ0) is 12.8. The van der Waals surface area contributed by atoms with E-state index in [0.717, 1.165) is 0 Å². The van der Waals surface area contributed by atoms with Gasteiger partial charge in [0.05, 0.1) is 13.5 Å². The Balaban J connectivity index is 4.17. The summed E-state index contributed by atoms with van der Waals surface area (Å²) in [5.74, 6) is -0.457. The summed E-state index contributed by atoms with van der Waals surface area (Å²) >= 11 is 0. The van der Waals surface area contributed by atoms with Crippen LogP contribution >= 0.6 is 0 Å². The van der Waals surface area contributed by atoms with E-state index in [-0.39, 0.29) is 6.42 Å². The van der Waals surface area contributed by atoms with Gasteiger partial charge in [-0.3, -0.25) is 4.79 Å². The highest BCUT2D eigenvalue weighted by Gasteiger charge is 2.21. The van der Waals surface area contributed by atoms with E-state index in [1.807, 2.05) is 0 Å². The summed E-state index contributed by atoms with van der Waals surface area (Å²) in [6, 6.07) is 0. The highest BCUT2D eigenvalue weighted by molar-refractivity contribution is 5.71. The fraction of sp³-hybridized carbons (Fsp3) is 0.636. The van der Waals surface area contributed by atoms with Crippen LogP contribution in [0.4, 0.5) is 4.79 Å². The molecule has 0 aliphatic heterocycles. The first-order chi connectivity index (χ1) is 7.28. The molecule has 0 saturated carbocycles. The largest absolute Gasteiger partial charge is 0.508 e. The molecule has 5 heteroatoms. The number of ether oxygens (including phenoxy) is 3. The van der Waals surface area contributed by atoms with Crippen molar-refractivity contribution < 1.29 is 23.8 Å². The molecule has 92 valence electrons. The normalized spacial score (nSPS) is 12.5. The van der Waals surface area contributed by atoms with E-state index < -0.39 is 23.8 Å². The Bertz CT molecular complexity index is 264.